The summed E-state index contributed by atoms with van der Waals surface area (Å²) in [7, 11) is 0. The molecule has 0 amide bonds. The third-order valence-corrected chi connectivity index (χ3v) is 5.07. The number of aromatic nitrogens is 2. The van der Waals surface area contributed by atoms with Gasteiger partial charge in [-0.15, -0.1) is 13.2 Å². The van der Waals surface area contributed by atoms with Crippen LogP contribution in [0, 0.1) is 6.92 Å². The van der Waals surface area contributed by atoms with Gasteiger partial charge in [-0.3, -0.25) is 9.59 Å². The number of aryl methyl sites for hydroxylation is 1. The zero-order valence-corrected chi connectivity index (χ0v) is 15.9. The van der Waals surface area contributed by atoms with E-state index in [1.165, 1.54) is 30.1 Å². The summed E-state index contributed by atoms with van der Waals surface area (Å²) < 4.78 is 44.0. The molecule has 0 aliphatic heterocycles. The first-order valence-electron chi connectivity index (χ1n) is 7.37. The Kier molecular flexibility index (Phi) is 5.24. The quantitative estimate of drug-likeness (QED) is 0.398. The minimum absolute atomic E-state index is 0.141. The molecular formula is C16H11BrF3N3O3S. The number of hydrogen-bond donors (Lipinski definition) is 3. The average Bonchev–Trinajstić information content (AvgIpc) is 2.56. The minimum Gasteiger partial charge on any atom is -0.405 e. The number of hydrogen-bond acceptors (Lipinski definition) is 5. The molecule has 3 N–H and O–H groups in total. The molecule has 1 heterocycles. The molecular weight excluding hydrogens is 451 g/mol. The van der Waals surface area contributed by atoms with Crippen molar-refractivity contribution in [1.29, 1.82) is 0 Å². The first-order chi connectivity index (χ1) is 12.6. The van der Waals surface area contributed by atoms with Crippen LogP contribution in [0.5, 0.6) is 5.75 Å². The Balaban J connectivity index is 1.81. The lowest BCUT2D eigenvalue weighted by Gasteiger charge is -2.13. The van der Waals surface area contributed by atoms with Crippen LogP contribution >= 0.6 is 27.9 Å². The fraction of sp³-hybridized carbons (Fsp3) is 0.125. The maximum absolute atomic E-state index is 12.3. The summed E-state index contributed by atoms with van der Waals surface area (Å²) in [4.78, 5) is 28.6. The summed E-state index contributed by atoms with van der Waals surface area (Å²) in [6.07, 6.45) is -4.77. The molecule has 3 aromatic rings. The van der Waals surface area contributed by atoms with Gasteiger partial charge in [0.05, 0.1) is 15.5 Å². The van der Waals surface area contributed by atoms with Crippen molar-refractivity contribution >= 4 is 44.6 Å². The van der Waals surface area contributed by atoms with E-state index in [-0.39, 0.29) is 10.2 Å². The number of ether oxygens (including phenoxy) is 1. The summed E-state index contributed by atoms with van der Waals surface area (Å²) in [5.41, 5.74) is 0.850. The van der Waals surface area contributed by atoms with Gasteiger partial charge in [0, 0.05) is 10.6 Å². The number of halogens is 4. The van der Waals surface area contributed by atoms with Gasteiger partial charge < -0.3 is 19.4 Å². The van der Waals surface area contributed by atoms with Crippen LogP contribution in [-0.2, 0) is 0 Å². The van der Waals surface area contributed by atoms with E-state index in [4.69, 9.17) is 0 Å². The monoisotopic (exact) mass is 461 g/mol. The second kappa shape index (κ2) is 7.31. The van der Waals surface area contributed by atoms with Gasteiger partial charge in [0.2, 0.25) is 0 Å². The van der Waals surface area contributed by atoms with Crippen molar-refractivity contribution in [2.75, 3.05) is 4.72 Å². The Morgan fingerprint density at radius 3 is 2.30 bits per heavy atom. The molecule has 142 valence electrons. The van der Waals surface area contributed by atoms with E-state index < -0.39 is 17.5 Å². The van der Waals surface area contributed by atoms with Crippen molar-refractivity contribution in [3.8, 4) is 5.75 Å². The molecule has 0 fully saturated rings. The normalized spacial score (nSPS) is 11.6. The maximum Gasteiger partial charge on any atom is 0.573 e. The summed E-state index contributed by atoms with van der Waals surface area (Å²) in [5.74, 6) is -0.346. The number of nitrogens with one attached hydrogen (secondary N) is 3. The van der Waals surface area contributed by atoms with Gasteiger partial charge >= 0.3 is 17.5 Å². The molecule has 0 aliphatic carbocycles. The van der Waals surface area contributed by atoms with Gasteiger partial charge in [-0.05, 0) is 70.7 Å². The number of anilines is 1. The zero-order chi connectivity index (χ0) is 19.8. The van der Waals surface area contributed by atoms with E-state index >= 15 is 0 Å². The molecule has 0 spiro atoms. The first-order valence-corrected chi connectivity index (χ1v) is 8.98. The van der Waals surface area contributed by atoms with Crippen LogP contribution in [-0.4, -0.2) is 16.3 Å². The SMILES string of the molecule is Cc1cc2[nH]c(=O)c(=O)[nH]c2cc1SNc1ccc(OC(F)(F)F)c(Br)c1. The predicted molar refractivity (Wildman–Crippen MR) is 100 cm³/mol. The molecule has 11 heteroatoms. The molecule has 1 aromatic heterocycles. The second-order valence-corrected chi connectivity index (χ2v) is 7.17. The van der Waals surface area contributed by atoms with E-state index in [1.54, 1.807) is 12.1 Å². The molecule has 2 aromatic carbocycles. The van der Waals surface area contributed by atoms with Gasteiger partial charge in [-0.2, -0.15) is 0 Å². The van der Waals surface area contributed by atoms with Crippen LogP contribution in [0.25, 0.3) is 11.0 Å². The summed E-state index contributed by atoms with van der Waals surface area (Å²) in [6, 6.07) is 7.48. The third-order valence-electron chi connectivity index (χ3n) is 3.45. The van der Waals surface area contributed by atoms with Crippen molar-refractivity contribution in [3.63, 3.8) is 0 Å². The predicted octanol–water partition coefficient (Wildman–Crippen LogP) is 4.31. The number of fused-ring (bicyclic) bond motifs is 1. The Hall–Kier alpha value is -2.40. The average molecular weight is 462 g/mol. The lowest BCUT2D eigenvalue weighted by molar-refractivity contribution is -0.274. The number of aromatic amines is 2. The van der Waals surface area contributed by atoms with Crippen LogP contribution < -0.4 is 20.6 Å². The molecule has 0 radical (unpaired) electrons. The van der Waals surface area contributed by atoms with Gasteiger partial charge in [0.1, 0.15) is 5.75 Å². The molecule has 6 nitrogen and oxygen atoms in total. The van der Waals surface area contributed by atoms with Crippen LogP contribution in [0.1, 0.15) is 5.56 Å². The van der Waals surface area contributed by atoms with Crippen LogP contribution in [0.15, 0.2) is 49.3 Å². The van der Waals surface area contributed by atoms with Crippen molar-refractivity contribution < 1.29 is 17.9 Å². The molecule has 0 saturated carbocycles. The number of rotatable bonds is 4. The molecule has 0 atom stereocenters. The highest BCUT2D eigenvalue weighted by Crippen LogP contribution is 2.34. The van der Waals surface area contributed by atoms with Crippen molar-refractivity contribution in [2.24, 2.45) is 0 Å². The highest BCUT2D eigenvalue weighted by atomic mass is 79.9. The maximum atomic E-state index is 12.3. The number of benzene rings is 2. The second-order valence-electron chi connectivity index (χ2n) is 5.47. The van der Waals surface area contributed by atoms with Gasteiger partial charge in [-0.25, -0.2) is 0 Å². The van der Waals surface area contributed by atoms with Crippen molar-refractivity contribution in [1.82, 2.24) is 9.97 Å². The van der Waals surface area contributed by atoms with E-state index in [0.717, 1.165) is 10.5 Å². The topological polar surface area (TPSA) is 87.0 Å². The Morgan fingerprint density at radius 2 is 1.70 bits per heavy atom. The molecule has 0 bridgehead atoms. The van der Waals surface area contributed by atoms with Crippen molar-refractivity contribution in [2.45, 2.75) is 18.2 Å². The molecule has 0 saturated heterocycles. The standard InChI is InChI=1S/C16H11BrF3N3O3S/c1-7-4-10-11(22-15(25)14(24)21-10)6-13(7)27-23-8-2-3-12(9(17)5-8)26-16(18,19)20/h2-6,23H,1H3,(H,21,24)(H,22,25). The lowest BCUT2D eigenvalue weighted by atomic mass is 10.2. The fourth-order valence-electron chi connectivity index (χ4n) is 2.25. The molecule has 0 aliphatic rings. The Bertz CT molecular complexity index is 1130. The first kappa shape index (κ1) is 19.4. The van der Waals surface area contributed by atoms with E-state index in [9.17, 15) is 22.8 Å². The van der Waals surface area contributed by atoms with Crippen LogP contribution in [0.4, 0.5) is 18.9 Å². The van der Waals surface area contributed by atoms with E-state index in [1.807, 2.05) is 6.92 Å². The highest BCUT2D eigenvalue weighted by Gasteiger charge is 2.31. The van der Waals surface area contributed by atoms with E-state index in [0.29, 0.717) is 16.7 Å². The summed E-state index contributed by atoms with van der Waals surface area (Å²) >= 11 is 4.24. The van der Waals surface area contributed by atoms with Gasteiger partial charge in [0.25, 0.3) is 0 Å². The molecule has 0 unspecified atom stereocenters. The number of H-pyrrole nitrogens is 2. The van der Waals surface area contributed by atoms with Crippen LogP contribution in [0.3, 0.4) is 0 Å². The van der Waals surface area contributed by atoms with Crippen LogP contribution in [0.2, 0.25) is 0 Å². The largest absolute Gasteiger partial charge is 0.573 e. The van der Waals surface area contributed by atoms with Gasteiger partial charge in [-0.1, -0.05) is 0 Å². The number of alkyl halides is 3. The highest BCUT2D eigenvalue weighted by molar-refractivity contribution is 9.10. The molecule has 27 heavy (non-hydrogen) atoms. The Labute approximate surface area is 162 Å². The third kappa shape index (κ3) is 4.66. The fourth-order valence-corrected chi connectivity index (χ4v) is 3.46. The zero-order valence-electron chi connectivity index (χ0n) is 13.5. The summed E-state index contributed by atoms with van der Waals surface area (Å²) in [6.45, 7) is 1.82. The van der Waals surface area contributed by atoms with E-state index in [2.05, 4.69) is 35.4 Å². The summed E-state index contributed by atoms with van der Waals surface area (Å²) in [5, 5.41) is 0. The smallest absolute Gasteiger partial charge is 0.405 e. The van der Waals surface area contributed by atoms with Gasteiger partial charge in [0.15, 0.2) is 0 Å². The lowest BCUT2D eigenvalue weighted by Crippen LogP contribution is -2.28. The Morgan fingerprint density at radius 1 is 1.07 bits per heavy atom. The molecule has 3 rings (SSSR count). The van der Waals surface area contributed by atoms with Crippen molar-refractivity contribution in [3.05, 3.63) is 61.1 Å². The minimum atomic E-state index is -4.77.